The second-order valence-electron chi connectivity index (χ2n) is 9.31. The number of nitrogens with zero attached hydrogens (tertiary/aromatic N) is 6. The minimum absolute atomic E-state index is 0.214. The first-order valence-corrected chi connectivity index (χ1v) is 12.6. The van der Waals surface area contributed by atoms with Crippen LogP contribution in [0.4, 0.5) is 0 Å². The Hall–Kier alpha value is -4.73. The third kappa shape index (κ3) is 4.80. The molecule has 3 aromatic heterocycles. The highest BCUT2D eigenvalue weighted by atomic mass is 16.2. The van der Waals surface area contributed by atoms with Crippen LogP contribution in [-0.4, -0.2) is 48.1 Å². The normalized spacial score (nSPS) is 13.5. The molecule has 1 aliphatic rings. The number of nitrogens with one attached hydrogen (secondary N) is 1. The summed E-state index contributed by atoms with van der Waals surface area (Å²) in [5.41, 5.74) is 8.75. The van der Waals surface area contributed by atoms with Gasteiger partial charge in [0.1, 0.15) is 5.69 Å². The molecule has 0 unspecified atom stereocenters. The van der Waals surface area contributed by atoms with E-state index in [4.69, 9.17) is 10.8 Å². The van der Waals surface area contributed by atoms with E-state index in [1.807, 2.05) is 12.1 Å². The highest BCUT2D eigenvalue weighted by Gasteiger charge is 2.50. The number of nitrogens with two attached hydrogens (primary N) is 1. The van der Waals surface area contributed by atoms with Gasteiger partial charge in [0.15, 0.2) is 5.82 Å². The van der Waals surface area contributed by atoms with E-state index in [1.165, 1.54) is 6.42 Å². The molecule has 1 saturated carbocycles. The summed E-state index contributed by atoms with van der Waals surface area (Å²) in [5, 5.41) is 17.1. The SMILES string of the molecule is CCC.NC(=O)CNC(=O)c1ccc(-c2cnc3nnc(C4(c5ccc6ncccc6c5)CC4)n3n2)cc1. The van der Waals surface area contributed by atoms with Crippen molar-refractivity contribution in [3.63, 3.8) is 0 Å². The summed E-state index contributed by atoms with van der Waals surface area (Å²) < 4.78 is 1.71. The van der Waals surface area contributed by atoms with Gasteiger partial charge in [-0.05, 0) is 48.7 Å². The molecule has 0 spiro atoms. The van der Waals surface area contributed by atoms with Gasteiger partial charge >= 0.3 is 0 Å². The molecule has 3 N–H and O–H groups in total. The van der Waals surface area contributed by atoms with E-state index in [9.17, 15) is 9.59 Å². The lowest BCUT2D eigenvalue weighted by molar-refractivity contribution is -0.117. The van der Waals surface area contributed by atoms with Gasteiger partial charge in [0, 0.05) is 22.7 Å². The fraction of sp³-hybridized carbons (Fsp3) is 0.250. The third-order valence-corrected chi connectivity index (χ3v) is 6.33. The van der Waals surface area contributed by atoms with E-state index < -0.39 is 5.91 Å². The molecule has 0 radical (unpaired) electrons. The number of carbonyl (C=O) groups excluding carboxylic acids is 2. The molecule has 10 nitrogen and oxygen atoms in total. The van der Waals surface area contributed by atoms with Crippen LogP contribution in [0.25, 0.3) is 27.9 Å². The number of rotatable bonds is 6. The zero-order valence-electron chi connectivity index (χ0n) is 21.3. The fourth-order valence-corrected chi connectivity index (χ4v) is 4.33. The zero-order chi connectivity index (χ0) is 26.7. The van der Waals surface area contributed by atoms with Crippen molar-refractivity contribution in [2.45, 2.75) is 38.5 Å². The molecule has 2 aromatic carbocycles. The van der Waals surface area contributed by atoms with E-state index in [0.717, 1.165) is 40.7 Å². The van der Waals surface area contributed by atoms with Crippen LogP contribution in [0.3, 0.4) is 0 Å². The number of amides is 2. The lowest BCUT2D eigenvalue weighted by Gasteiger charge is -2.14. The van der Waals surface area contributed by atoms with Crippen LogP contribution >= 0.6 is 0 Å². The Morgan fingerprint density at radius 1 is 1.03 bits per heavy atom. The molecule has 0 bridgehead atoms. The zero-order valence-corrected chi connectivity index (χ0v) is 21.3. The second-order valence-corrected chi connectivity index (χ2v) is 9.31. The highest BCUT2D eigenvalue weighted by molar-refractivity contribution is 5.96. The molecule has 0 aliphatic heterocycles. The molecular weight excluding hydrogens is 480 g/mol. The average molecular weight is 509 g/mol. The summed E-state index contributed by atoms with van der Waals surface area (Å²) in [6.45, 7) is 4.04. The highest BCUT2D eigenvalue weighted by Crippen LogP contribution is 2.53. The van der Waals surface area contributed by atoms with Crippen molar-refractivity contribution in [2.75, 3.05) is 6.54 Å². The number of primary amides is 1. The largest absolute Gasteiger partial charge is 0.368 e. The predicted octanol–water partition coefficient (Wildman–Crippen LogP) is 3.45. The minimum Gasteiger partial charge on any atom is -0.368 e. The summed E-state index contributed by atoms with van der Waals surface area (Å²) in [5.74, 6) is 0.212. The number of pyridine rings is 1. The Kier molecular flexibility index (Phi) is 6.78. The maximum atomic E-state index is 12.1. The first kappa shape index (κ1) is 24.9. The van der Waals surface area contributed by atoms with E-state index in [1.54, 1.807) is 41.2 Å². The van der Waals surface area contributed by atoms with Crippen LogP contribution in [0, 0.1) is 0 Å². The van der Waals surface area contributed by atoms with Gasteiger partial charge in [-0.3, -0.25) is 14.6 Å². The Morgan fingerprint density at radius 3 is 2.50 bits per heavy atom. The van der Waals surface area contributed by atoms with Crippen LogP contribution in [0.1, 0.15) is 54.9 Å². The Labute approximate surface area is 219 Å². The number of aromatic nitrogens is 6. The molecule has 5 aromatic rings. The maximum Gasteiger partial charge on any atom is 0.271 e. The lowest BCUT2D eigenvalue weighted by Crippen LogP contribution is -2.33. The van der Waals surface area contributed by atoms with Gasteiger partial charge < -0.3 is 11.1 Å². The molecule has 2 amide bonds. The van der Waals surface area contributed by atoms with Gasteiger partial charge in [-0.1, -0.05) is 44.5 Å². The van der Waals surface area contributed by atoms with Gasteiger partial charge in [0.25, 0.3) is 11.7 Å². The van der Waals surface area contributed by atoms with Crippen LogP contribution < -0.4 is 11.1 Å². The van der Waals surface area contributed by atoms with Gasteiger partial charge in [-0.15, -0.1) is 10.2 Å². The molecular formula is C28H28N8O2. The summed E-state index contributed by atoms with van der Waals surface area (Å²) in [6.07, 6.45) is 6.57. The molecule has 1 aliphatic carbocycles. The van der Waals surface area contributed by atoms with Crippen molar-refractivity contribution in [1.82, 2.24) is 35.1 Å². The van der Waals surface area contributed by atoms with E-state index in [2.05, 4.69) is 57.5 Å². The molecule has 38 heavy (non-hydrogen) atoms. The summed E-state index contributed by atoms with van der Waals surface area (Å²) in [4.78, 5) is 31.9. The predicted molar refractivity (Wildman–Crippen MR) is 143 cm³/mol. The lowest BCUT2D eigenvalue weighted by atomic mass is 9.94. The first-order chi connectivity index (χ1) is 18.4. The molecule has 0 saturated heterocycles. The van der Waals surface area contributed by atoms with Crippen molar-refractivity contribution in [3.05, 3.63) is 83.9 Å². The van der Waals surface area contributed by atoms with Crippen LogP contribution in [0.5, 0.6) is 0 Å². The molecule has 0 atom stereocenters. The monoisotopic (exact) mass is 508 g/mol. The standard InChI is InChI=1S/C25H20N8O2.C3H8/c26-21(34)14-28-22(35)16-5-3-15(4-6-16)20-13-29-24-31-30-23(33(24)32-20)25(9-10-25)18-7-8-19-17(12-18)2-1-11-27-19;1-3-2/h1-8,11-13H,9-10,14H2,(H2,26,34)(H,28,35);3H2,1-2H3. The van der Waals surface area contributed by atoms with E-state index >= 15 is 0 Å². The summed E-state index contributed by atoms with van der Waals surface area (Å²) in [7, 11) is 0. The van der Waals surface area contributed by atoms with Gasteiger partial charge in [0.2, 0.25) is 5.91 Å². The average Bonchev–Trinajstić information content (AvgIpc) is 3.64. The molecule has 3 heterocycles. The summed E-state index contributed by atoms with van der Waals surface area (Å²) >= 11 is 0. The number of hydrogen-bond donors (Lipinski definition) is 2. The molecule has 192 valence electrons. The number of carbonyl (C=O) groups is 2. The topological polar surface area (TPSA) is 141 Å². The fourth-order valence-electron chi connectivity index (χ4n) is 4.33. The minimum atomic E-state index is -0.600. The van der Waals surface area contributed by atoms with Crippen LogP contribution in [0.2, 0.25) is 0 Å². The number of fused-ring (bicyclic) bond motifs is 2. The number of hydrogen-bond acceptors (Lipinski definition) is 7. The Morgan fingerprint density at radius 2 is 1.79 bits per heavy atom. The van der Waals surface area contributed by atoms with Crippen molar-refractivity contribution >= 4 is 28.5 Å². The van der Waals surface area contributed by atoms with Gasteiger partial charge in [-0.25, -0.2) is 4.98 Å². The molecule has 6 rings (SSSR count). The van der Waals surface area contributed by atoms with Gasteiger partial charge in [0.05, 0.1) is 23.7 Å². The van der Waals surface area contributed by atoms with E-state index in [-0.39, 0.29) is 17.9 Å². The molecule has 1 fully saturated rings. The van der Waals surface area contributed by atoms with E-state index in [0.29, 0.717) is 17.0 Å². The summed E-state index contributed by atoms with van der Waals surface area (Å²) in [6, 6.07) is 17.2. The third-order valence-electron chi connectivity index (χ3n) is 6.33. The Balaban J connectivity index is 0.000000937. The van der Waals surface area contributed by atoms with Crippen LogP contribution in [-0.2, 0) is 10.2 Å². The van der Waals surface area contributed by atoms with Crippen molar-refractivity contribution in [3.8, 4) is 11.3 Å². The second kappa shape index (κ2) is 10.3. The smallest absolute Gasteiger partial charge is 0.271 e. The molecule has 10 heteroatoms. The van der Waals surface area contributed by atoms with Crippen LogP contribution in [0.15, 0.2) is 67.0 Å². The maximum absolute atomic E-state index is 12.1. The quantitative estimate of drug-likeness (QED) is 0.358. The van der Waals surface area contributed by atoms with Crippen molar-refractivity contribution in [2.24, 2.45) is 5.73 Å². The van der Waals surface area contributed by atoms with Gasteiger partial charge in [-0.2, -0.15) is 9.61 Å². The van der Waals surface area contributed by atoms with Crippen molar-refractivity contribution in [1.29, 1.82) is 0 Å². The number of benzene rings is 2. The first-order valence-electron chi connectivity index (χ1n) is 12.6. The van der Waals surface area contributed by atoms with Crippen molar-refractivity contribution < 1.29 is 9.59 Å². The Bertz CT molecular complexity index is 1620.